The molecule has 1 saturated heterocycles. The lowest BCUT2D eigenvalue weighted by Crippen LogP contribution is -2.40. The van der Waals surface area contributed by atoms with Crippen LogP contribution >= 0.6 is 11.3 Å². The summed E-state index contributed by atoms with van der Waals surface area (Å²) in [6.07, 6.45) is -3.13. The van der Waals surface area contributed by atoms with Crippen LogP contribution in [0.25, 0.3) is 10.2 Å². The second-order valence-electron chi connectivity index (χ2n) is 6.77. The Bertz CT molecular complexity index is 1080. The van der Waals surface area contributed by atoms with Crippen molar-refractivity contribution in [1.82, 2.24) is 14.9 Å². The summed E-state index contributed by atoms with van der Waals surface area (Å²) in [5.41, 5.74) is 5.81. The predicted molar refractivity (Wildman–Crippen MR) is 107 cm³/mol. The number of nitrogens with one attached hydrogen (secondary N) is 1. The number of carbonyl (C=O) groups excluding carboxylic acids is 1. The molecule has 7 nitrogen and oxygen atoms in total. The van der Waals surface area contributed by atoms with Crippen LogP contribution in [-0.2, 0) is 17.5 Å². The predicted octanol–water partition coefficient (Wildman–Crippen LogP) is 3.38. The molecule has 0 unspecified atom stereocenters. The van der Waals surface area contributed by atoms with E-state index in [2.05, 4.69) is 15.3 Å². The van der Waals surface area contributed by atoms with E-state index in [1.165, 1.54) is 23.7 Å². The van der Waals surface area contributed by atoms with Crippen LogP contribution in [0.1, 0.15) is 20.8 Å². The Labute approximate surface area is 173 Å². The van der Waals surface area contributed by atoms with Crippen molar-refractivity contribution in [2.45, 2.75) is 12.7 Å². The first-order chi connectivity index (χ1) is 14.3. The van der Waals surface area contributed by atoms with Gasteiger partial charge in [-0.25, -0.2) is 9.97 Å². The number of carbonyl (C=O) groups is 1. The van der Waals surface area contributed by atoms with Crippen LogP contribution in [0.5, 0.6) is 0 Å². The molecular weight excluding hydrogens is 419 g/mol. The number of thiophene rings is 1. The number of morpholine rings is 1. The van der Waals surface area contributed by atoms with Gasteiger partial charge < -0.3 is 20.7 Å². The van der Waals surface area contributed by atoms with E-state index in [1.807, 2.05) is 0 Å². The van der Waals surface area contributed by atoms with Gasteiger partial charge in [0.25, 0.3) is 5.91 Å². The van der Waals surface area contributed by atoms with Gasteiger partial charge in [0.05, 0.1) is 33.9 Å². The number of hydrogen-bond donors (Lipinski definition) is 2. The summed E-state index contributed by atoms with van der Waals surface area (Å²) >= 11 is 1.25. The summed E-state index contributed by atoms with van der Waals surface area (Å²) in [6, 6.07) is 5.12. The van der Waals surface area contributed by atoms with Gasteiger partial charge >= 0.3 is 6.18 Å². The molecule has 0 spiro atoms. The molecular formula is C19H18F3N5O2S. The highest BCUT2D eigenvalue weighted by Gasteiger charge is 2.31. The molecule has 11 heteroatoms. The molecule has 0 saturated carbocycles. The van der Waals surface area contributed by atoms with Crippen LogP contribution in [0.15, 0.2) is 30.6 Å². The molecule has 1 amide bonds. The Hall–Kier alpha value is -2.92. The number of anilines is 2. The van der Waals surface area contributed by atoms with Gasteiger partial charge in [0.15, 0.2) is 0 Å². The quantitative estimate of drug-likeness (QED) is 0.608. The maximum Gasteiger partial charge on any atom is 0.416 e. The minimum atomic E-state index is -4.48. The normalized spacial score (nSPS) is 14.8. The van der Waals surface area contributed by atoms with E-state index in [0.29, 0.717) is 52.8 Å². The number of nitrogens with zero attached hydrogens (tertiary/aromatic N) is 3. The van der Waals surface area contributed by atoms with E-state index in [4.69, 9.17) is 10.5 Å². The molecule has 3 aromatic rings. The zero-order chi connectivity index (χ0) is 21.3. The monoisotopic (exact) mass is 437 g/mol. The minimum Gasteiger partial charge on any atom is -0.399 e. The molecule has 158 valence electrons. The van der Waals surface area contributed by atoms with Gasteiger partial charge in [0.1, 0.15) is 12.1 Å². The van der Waals surface area contributed by atoms with E-state index in [9.17, 15) is 18.0 Å². The van der Waals surface area contributed by atoms with Crippen LogP contribution in [-0.4, -0.2) is 47.1 Å². The fourth-order valence-electron chi connectivity index (χ4n) is 3.18. The summed E-state index contributed by atoms with van der Waals surface area (Å²) in [4.78, 5) is 23.4. The van der Waals surface area contributed by atoms with Crippen LogP contribution in [0.3, 0.4) is 0 Å². The highest BCUT2D eigenvalue weighted by atomic mass is 32.1. The molecule has 2 aromatic heterocycles. The van der Waals surface area contributed by atoms with Crippen molar-refractivity contribution in [2.75, 3.05) is 37.4 Å². The first kappa shape index (κ1) is 20.4. The summed E-state index contributed by atoms with van der Waals surface area (Å²) in [7, 11) is 0. The van der Waals surface area contributed by atoms with E-state index < -0.39 is 11.7 Å². The van der Waals surface area contributed by atoms with Crippen molar-refractivity contribution in [3.63, 3.8) is 0 Å². The molecule has 1 aromatic carbocycles. The Morgan fingerprint density at radius 1 is 1.20 bits per heavy atom. The van der Waals surface area contributed by atoms with Crippen molar-refractivity contribution in [3.05, 3.63) is 46.6 Å². The van der Waals surface area contributed by atoms with Crippen molar-refractivity contribution in [2.24, 2.45) is 0 Å². The van der Waals surface area contributed by atoms with E-state index in [0.717, 1.165) is 12.1 Å². The second kappa shape index (κ2) is 8.07. The zero-order valence-corrected chi connectivity index (χ0v) is 16.5. The first-order valence-corrected chi connectivity index (χ1v) is 9.95. The number of rotatable bonds is 4. The number of ether oxygens (including phenoxy) is 1. The molecule has 1 fully saturated rings. The molecule has 0 radical (unpaired) electrons. The van der Waals surface area contributed by atoms with Gasteiger partial charge in [-0.2, -0.15) is 13.2 Å². The fraction of sp³-hybridized carbons (Fsp3) is 0.316. The van der Waals surface area contributed by atoms with Gasteiger partial charge in [-0.1, -0.05) is 0 Å². The Balaban J connectivity index is 1.56. The zero-order valence-electron chi connectivity index (χ0n) is 15.7. The number of hydrogen-bond acceptors (Lipinski definition) is 7. The van der Waals surface area contributed by atoms with Crippen LogP contribution < -0.4 is 11.1 Å². The molecule has 0 aliphatic carbocycles. The van der Waals surface area contributed by atoms with Crippen molar-refractivity contribution in [3.8, 4) is 0 Å². The van der Waals surface area contributed by atoms with Gasteiger partial charge in [0, 0.05) is 25.3 Å². The van der Waals surface area contributed by atoms with Gasteiger partial charge in [-0.15, -0.1) is 11.3 Å². The Kier molecular flexibility index (Phi) is 5.48. The van der Waals surface area contributed by atoms with Crippen molar-refractivity contribution in [1.29, 1.82) is 0 Å². The SMILES string of the molecule is Nc1cc(CNc2ncnc3cc(C(=O)N4CCOCC4)sc23)cc(C(F)(F)F)c1. The Morgan fingerprint density at radius 3 is 2.70 bits per heavy atom. The van der Waals surface area contributed by atoms with Gasteiger partial charge in [-0.05, 0) is 29.8 Å². The smallest absolute Gasteiger partial charge is 0.399 e. The second-order valence-corrected chi connectivity index (χ2v) is 7.82. The lowest BCUT2D eigenvalue weighted by molar-refractivity contribution is -0.137. The highest BCUT2D eigenvalue weighted by Crippen LogP contribution is 2.33. The number of aromatic nitrogens is 2. The van der Waals surface area contributed by atoms with Crippen LogP contribution in [0.2, 0.25) is 0 Å². The van der Waals surface area contributed by atoms with E-state index in [1.54, 1.807) is 11.0 Å². The first-order valence-electron chi connectivity index (χ1n) is 9.13. The topological polar surface area (TPSA) is 93.4 Å². The molecule has 1 aliphatic rings. The lowest BCUT2D eigenvalue weighted by atomic mass is 10.1. The van der Waals surface area contributed by atoms with Gasteiger partial charge in [-0.3, -0.25) is 4.79 Å². The minimum absolute atomic E-state index is 0.0315. The van der Waals surface area contributed by atoms with Crippen molar-refractivity contribution < 1.29 is 22.7 Å². The van der Waals surface area contributed by atoms with Crippen LogP contribution in [0.4, 0.5) is 24.7 Å². The summed E-state index contributed by atoms with van der Waals surface area (Å²) in [6.45, 7) is 2.15. The number of nitrogens with two attached hydrogens (primary N) is 1. The summed E-state index contributed by atoms with van der Waals surface area (Å²) < 4.78 is 45.0. The third-order valence-electron chi connectivity index (χ3n) is 4.62. The van der Waals surface area contributed by atoms with E-state index in [-0.39, 0.29) is 18.1 Å². The molecule has 3 heterocycles. The highest BCUT2D eigenvalue weighted by molar-refractivity contribution is 7.21. The molecule has 0 atom stereocenters. The molecule has 0 bridgehead atoms. The van der Waals surface area contributed by atoms with Gasteiger partial charge in [0.2, 0.25) is 0 Å². The average molecular weight is 437 g/mol. The lowest BCUT2D eigenvalue weighted by Gasteiger charge is -2.26. The number of fused-ring (bicyclic) bond motifs is 1. The maximum absolute atomic E-state index is 13.0. The number of benzene rings is 1. The standard InChI is InChI=1S/C19H18F3N5O2S/c20-19(21,22)12-5-11(6-13(23)7-12)9-24-17-16-14(25-10-26-17)8-15(30-16)18(28)27-1-3-29-4-2-27/h5-8,10H,1-4,9,23H2,(H,24,25,26). The third-order valence-corrected chi connectivity index (χ3v) is 5.74. The number of alkyl halides is 3. The van der Waals surface area contributed by atoms with Crippen LogP contribution in [0, 0.1) is 0 Å². The maximum atomic E-state index is 13.0. The largest absolute Gasteiger partial charge is 0.416 e. The number of amides is 1. The van der Waals surface area contributed by atoms with Crippen molar-refractivity contribution >= 4 is 39.0 Å². The molecule has 3 N–H and O–H groups in total. The molecule has 4 rings (SSSR count). The third kappa shape index (κ3) is 4.31. The number of halogens is 3. The molecule has 30 heavy (non-hydrogen) atoms. The Morgan fingerprint density at radius 2 is 1.97 bits per heavy atom. The summed E-state index contributed by atoms with van der Waals surface area (Å²) in [5.74, 6) is 0.347. The fourth-order valence-corrected chi connectivity index (χ4v) is 4.22. The average Bonchev–Trinajstić information content (AvgIpc) is 3.16. The number of nitrogen functional groups attached to an aromatic ring is 1. The molecule has 1 aliphatic heterocycles. The summed E-state index contributed by atoms with van der Waals surface area (Å²) in [5, 5.41) is 3.03. The van der Waals surface area contributed by atoms with E-state index >= 15 is 0 Å².